The fraction of sp³-hybridized carbons (Fsp3) is 0.769. The maximum Gasteiger partial charge on any atom is 0.0850 e. The van der Waals surface area contributed by atoms with Crippen LogP contribution in [0.5, 0.6) is 0 Å². The van der Waals surface area contributed by atoms with Crippen molar-refractivity contribution in [1.29, 1.82) is 0 Å². The molecule has 0 saturated heterocycles. The average Bonchev–Trinajstić information content (AvgIpc) is 2.70. The normalized spacial score (nSPS) is 16.4. The Morgan fingerprint density at radius 1 is 1.53 bits per heavy atom. The maximum atomic E-state index is 6.37. The molecule has 0 radical (unpaired) electrons. The molecule has 0 saturated carbocycles. The summed E-state index contributed by atoms with van der Waals surface area (Å²) in [5, 5.41) is 5.16. The molecule has 19 heavy (non-hydrogen) atoms. The van der Waals surface area contributed by atoms with E-state index in [4.69, 9.17) is 22.2 Å². The van der Waals surface area contributed by atoms with Crippen molar-refractivity contribution in [2.75, 3.05) is 7.11 Å². The summed E-state index contributed by atoms with van der Waals surface area (Å²) in [5.41, 5.74) is 4.42. The van der Waals surface area contributed by atoms with Crippen LogP contribution < -0.4 is 11.3 Å². The van der Waals surface area contributed by atoms with E-state index < -0.39 is 0 Å². The fourth-order valence-electron chi connectivity index (χ4n) is 2.22. The molecule has 6 heteroatoms. The molecule has 0 aliphatic rings. The Morgan fingerprint density at radius 2 is 2.16 bits per heavy atom. The van der Waals surface area contributed by atoms with Gasteiger partial charge in [0.15, 0.2) is 0 Å². The Labute approximate surface area is 120 Å². The van der Waals surface area contributed by atoms with Gasteiger partial charge in [-0.05, 0) is 19.8 Å². The largest absolute Gasteiger partial charge is 0.377 e. The summed E-state index contributed by atoms with van der Waals surface area (Å²) in [7, 11) is 3.61. The van der Waals surface area contributed by atoms with Gasteiger partial charge in [-0.1, -0.05) is 25.4 Å². The molecule has 2 atom stereocenters. The third-order valence-electron chi connectivity index (χ3n) is 4.01. The Kier molecular flexibility index (Phi) is 5.80. The van der Waals surface area contributed by atoms with Crippen molar-refractivity contribution < 1.29 is 4.74 Å². The lowest BCUT2D eigenvalue weighted by Crippen LogP contribution is -2.53. The number of hydrazine groups is 1. The van der Waals surface area contributed by atoms with Crippen molar-refractivity contribution in [3.8, 4) is 0 Å². The monoisotopic (exact) mass is 288 g/mol. The zero-order valence-electron chi connectivity index (χ0n) is 12.5. The number of hydrogen-bond acceptors (Lipinski definition) is 4. The molecule has 0 aliphatic heterocycles. The van der Waals surface area contributed by atoms with Crippen molar-refractivity contribution in [3.63, 3.8) is 0 Å². The molecule has 0 spiro atoms. The number of nitrogens with one attached hydrogen (secondary N) is 1. The van der Waals surface area contributed by atoms with E-state index in [-0.39, 0.29) is 11.6 Å². The van der Waals surface area contributed by atoms with E-state index in [1.807, 2.05) is 25.6 Å². The molecule has 1 aromatic heterocycles. The van der Waals surface area contributed by atoms with Gasteiger partial charge < -0.3 is 4.74 Å². The average molecular weight is 289 g/mol. The van der Waals surface area contributed by atoms with Gasteiger partial charge in [-0.15, -0.1) is 0 Å². The molecule has 1 heterocycles. The molecule has 0 fully saturated rings. The van der Waals surface area contributed by atoms with E-state index in [0.29, 0.717) is 6.42 Å². The first-order valence-electron chi connectivity index (χ1n) is 6.64. The Balaban J connectivity index is 3.02. The molecule has 1 aromatic rings. The van der Waals surface area contributed by atoms with Crippen LogP contribution in [-0.4, -0.2) is 28.5 Å². The number of hydrogen-bond donors (Lipinski definition) is 2. The maximum absolute atomic E-state index is 6.37. The smallest absolute Gasteiger partial charge is 0.0850 e. The minimum Gasteiger partial charge on any atom is -0.377 e. The number of aryl methyl sites for hydroxylation is 2. The van der Waals surface area contributed by atoms with Gasteiger partial charge in [0.05, 0.1) is 28.1 Å². The van der Waals surface area contributed by atoms with Crippen molar-refractivity contribution in [1.82, 2.24) is 15.2 Å². The summed E-state index contributed by atoms with van der Waals surface area (Å²) in [6, 6.07) is -0.0277. The molecule has 3 N–H and O–H groups in total. The van der Waals surface area contributed by atoms with E-state index in [9.17, 15) is 0 Å². The minimum absolute atomic E-state index is 0.0277. The predicted molar refractivity (Wildman–Crippen MR) is 78.1 cm³/mol. The van der Waals surface area contributed by atoms with Crippen LogP contribution in [0.3, 0.4) is 0 Å². The summed E-state index contributed by atoms with van der Waals surface area (Å²) in [6.07, 6.45) is 2.36. The second kappa shape index (κ2) is 6.70. The van der Waals surface area contributed by atoms with Crippen LogP contribution in [0.25, 0.3) is 0 Å². The molecular weight excluding hydrogens is 264 g/mol. The molecule has 0 aliphatic carbocycles. The molecular formula is C13H25ClN4O. The van der Waals surface area contributed by atoms with Crippen LogP contribution in [-0.2, 0) is 24.6 Å². The zero-order valence-corrected chi connectivity index (χ0v) is 13.2. The highest BCUT2D eigenvalue weighted by Gasteiger charge is 2.33. The quantitative estimate of drug-likeness (QED) is 0.593. The first kappa shape index (κ1) is 16.4. The topological polar surface area (TPSA) is 65.1 Å². The number of nitrogens with two attached hydrogens (primary N) is 1. The van der Waals surface area contributed by atoms with E-state index in [1.165, 1.54) is 0 Å². The Bertz CT molecular complexity index is 415. The van der Waals surface area contributed by atoms with Crippen molar-refractivity contribution in [3.05, 3.63) is 16.4 Å². The van der Waals surface area contributed by atoms with Gasteiger partial charge in [0, 0.05) is 20.6 Å². The minimum atomic E-state index is -0.339. The number of aromatic nitrogens is 2. The van der Waals surface area contributed by atoms with Gasteiger partial charge in [-0.2, -0.15) is 5.10 Å². The van der Waals surface area contributed by atoms with Gasteiger partial charge in [0.2, 0.25) is 0 Å². The number of rotatable bonds is 7. The predicted octanol–water partition coefficient (Wildman–Crippen LogP) is 1.83. The van der Waals surface area contributed by atoms with Gasteiger partial charge in [-0.25, -0.2) is 0 Å². The van der Waals surface area contributed by atoms with Gasteiger partial charge >= 0.3 is 0 Å². The second-order valence-electron chi connectivity index (χ2n) is 4.98. The molecule has 0 bridgehead atoms. The van der Waals surface area contributed by atoms with Gasteiger partial charge in [0.1, 0.15) is 0 Å². The summed E-state index contributed by atoms with van der Waals surface area (Å²) in [6.45, 7) is 6.17. The highest BCUT2D eigenvalue weighted by atomic mass is 35.5. The van der Waals surface area contributed by atoms with Gasteiger partial charge in [0.25, 0.3) is 0 Å². The van der Waals surface area contributed by atoms with E-state index in [2.05, 4.69) is 17.4 Å². The molecule has 1 rings (SSSR count). The van der Waals surface area contributed by atoms with Crippen LogP contribution in [0.4, 0.5) is 0 Å². The molecule has 0 amide bonds. The molecule has 5 nitrogen and oxygen atoms in total. The lowest BCUT2D eigenvalue weighted by molar-refractivity contribution is -0.0292. The van der Waals surface area contributed by atoms with Crippen LogP contribution >= 0.6 is 11.6 Å². The first-order valence-corrected chi connectivity index (χ1v) is 7.02. The summed E-state index contributed by atoms with van der Waals surface area (Å²) in [5.74, 6) is 5.69. The second-order valence-corrected chi connectivity index (χ2v) is 5.36. The number of nitrogens with zero attached hydrogens (tertiary/aromatic N) is 2. The lowest BCUT2D eigenvalue weighted by atomic mass is 9.90. The number of methoxy groups -OCH3 is 1. The highest BCUT2D eigenvalue weighted by Crippen LogP contribution is 2.27. The van der Waals surface area contributed by atoms with E-state index >= 15 is 0 Å². The third kappa shape index (κ3) is 3.28. The SMILES string of the molecule is CCc1nn(C)c(CC(NN)C(C)(CC)OC)c1Cl. The number of halogens is 1. The fourth-order valence-corrected chi connectivity index (χ4v) is 2.59. The van der Waals surface area contributed by atoms with Crippen molar-refractivity contribution in [2.24, 2.45) is 12.9 Å². The van der Waals surface area contributed by atoms with Crippen molar-refractivity contribution >= 4 is 11.6 Å². The van der Waals surface area contributed by atoms with Gasteiger partial charge in [-0.3, -0.25) is 16.0 Å². The summed E-state index contributed by atoms with van der Waals surface area (Å²) < 4.78 is 7.44. The highest BCUT2D eigenvalue weighted by molar-refractivity contribution is 6.31. The Hall–Kier alpha value is -0.620. The van der Waals surface area contributed by atoms with E-state index in [1.54, 1.807) is 7.11 Å². The number of ether oxygens (including phenoxy) is 1. The third-order valence-corrected chi connectivity index (χ3v) is 4.44. The standard InChI is InChI=1S/C13H25ClN4O/c1-6-9-12(14)10(18(4)17-9)8-11(16-15)13(3,7-2)19-5/h11,16H,6-8,15H2,1-5H3. The van der Waals surface area contributed by atoms with Crippen molar-refractivity contribution in [2.45, 2.75) is 51.7 Å². The molecule has 110 valence electrons. The molecule has 2 unspecified atom stereocenters. The molecule has 0 aromatic carbocycles. The van der Waals surface area contributed by atoms with Crippen LogP contribution in [0.2, 0.25) is 5.02 Å². The zero-order chi connectivity index (χ0) is 14.6. The van der Waals surface area contributed by atoms with Crippen LogP contribution in [0.1, 0.15) is 38.6 Å². The van der Waals surface area contributed by atoms with E-state index in [0.717, 1.165) is 29.3 Å². The van der Waals surface area contributed by atoms with Crippen LogP contribution in [0.15, 0.2) is 0 Å². The summed E-state index contributed by atoms with van der Waals surface area (Å²) >= 11 is 6.37. The summed E-state index contributed by atoms with van der Waals surface area (Å²) in [4.78, 5) is 0. The first-order chi connectivity index (χ1) is 8.93. The van der Waals surface area contributed by atoms with Crippen LogP contribution in [0, 0.1) is 0 Å². The Morgan fingerprint density at radius 3 is 2.53 bits per heavy atom. The lowest BCUT2D eigenvalue weighted by Gasteiger charge is -2.35.